The molecular weight excluding hydrogens is 318 g/mol. The van der Waals surface area contributed by atoms with Gasteiger partial charge >= 0.3 is 0 Å². The van der Waals surface area contributed by atoms with Crippen molar-refractivity contribution in [1.82, 2.24) is 4.90 Å². The standard InChI is InChI=1S/C20H25NO2S/c1-2-14-21(19-13-15-24(22,23)16-19)20(17-9-5-3-6-10-17)18-11-7-4-8-12-18/h3-12,19-20H,2,13-16H2,1H3/t19-/m1/s1. The van der Waals surface area contributed by atoms with Gasteiger partial charge in [-0.25, -0.2) is 8.42 Å². The average Bonchev–Trinajstić information content (AvgIpc) is 2.96. The lowest BCUT2D eigenvalue weighted by Gasteiger charge is -2.36. The molecule has 2 aromatic carbocycles. The summed E-state index contributed by atoms with van der Waals surface area (Å²) < 4.78 is 24.0. The quantitative estimate of drug-likeness (QED) is 0.803. The molecule has 1 saturated heterocycles. The molecule has 2 aromatic rings. The Morgan fingerprint density at radius 1 is 1.00 bits per heavy atom. The monoisotopic (exact) mass is 343 g/mol. The van der Waals surface area contributed by atoms with E-state index in [-0.39, 0.29) is 17.8 Å². The van der Waals surface area contributed by atoms with Crippen molar-refractivity contribution in [3.05, 3.63) is 71.8 Å². The molecule has 3 nitrogen and oxygen atoms in total. The van der Waals surface area contributed by atoms with Gasteiger partial charge in [0.1, 0.15) is 0 Å². The topological polar surface area (TPSA) is 37.4 Å². The van der Waals surface area contributed by atoms with Crippen LogP contribution in [0.15, 0.2) is 60.7 Å². The minimum atomic E-state index is -2.90. The molecule has 0 aromatic heterocycles. The van der Waals surface area contributed by atoms with Crippen LogP contribution in [0.1, 0.15) is 36.9 Å². The van der Waals surface area contributed by atoms with E-state index in [1.54, 1.807) is 0 Å². The third kappa shape index (κ3) is 3.87. The third-order valence-corrected chi connectivity index (χ3v) is 6.47. The molecule has 0 amide bonds. The molecular formula is C20H25NO2S. The number of benzene rings is 2. The number of sulfone groups is 1. The fourth-order valence-corrected chi connectivity index (χ4v) is 5.41. The highest BCUT2D eigenvalue weighted by Gasteiger charge is 2.36. The third-order valence-electron chi connectivity index (χ3n) is 4.72. The lowest BCUT2D eigenvalue weighted by molar-refractivity contribution is 0.169. The minimum Gasteiger partial charge on any atom is -0.288 e. The predicted octanol–water partition coefficient (Wildman–Crippen LogP) is 3.68. The highest BCUT2D eigenvalue weighted by atomic mass is 32.2. The summed E-state index contributed by atoms with van der Waals surface area (Å²) in [5, 5.41) is 0. The van der Waals surface area contributed by atoms with E-state index in [4.69, 9.17) is 0 Å². The zero-order valence-corrected chi connectivity index (χ0v) is 15.0. The zero-order chi connectivity index (χ0) is 17.0. The van der Waals surface area contributed by atoms with Crippen molar-refractivity contribution in [3.63, 3.8) is 0 Å². The molecule has 1 aliphatic rings. The van der Waals surface area contributed by atoms with Crippen LogP contribution < -0.4 is 0 Å². The SMILES string of the molecule is CCCN(C(c1ccccc1)c1ccccc1)[C@@H]1CCS(=O)(=O)C1. The molecule has 4 heteroatoms. The van der Waals surface area contributed by atoms with Crippen molar-refractivity contribution in [2.75, 3.05) is 18.1 Å². The number of rotatable bonds is 6. The van der Waals surface area contributed by atoms with Gasteiger partial charge in [-0.2, -0.15) is 0 Å². The molecule has 0 spiro atoms. The van der Waals surface area contributed by atoms with Gasteiger partial charge < -0.3 is 0 Å². The molecule has 1 fully saturated rings. The molecule has 1 heterocycles. The van der Waals surface area contributed by atoms with E-state index in [1.165, 1.54) is 11.1 Å². The van der Waals surface area contributed by atoms with E-state index >= 15 is 0 Å². The maximum Gasteiger partial charge on any atom is 0.151 e. The summed E-state index contributed by atoms with van der Waals surface area (Å²) in [4.78, 5) is 2.40. The summed E-state index contributed by atoms with van der Waals surface area (Å²) in [5.41, 5.74) is 2.45. The summed E-state index contributed by atoms with van der Waals surface area (Å²) in [5.74, 6) is 0.595. The molecule has 0 radical (unpaired) electrons. The summed E-state index contributed by atoms with van der Waals surface area (Å²) in [6, 6.07) is 21.0. The maximum atomic E-state index is 12.0. The Bertz CT molecular complexity index is 704. The summed E-state index contributed by atoms with van der Waals surface area (Å²) in [6.07, 6.45) is 1.74. The molecule has 128 valence electrons. The van der Waals surface area contributed by atoms with Crippen LogP contribution in [0.2, 0.25) is 0 Å². The molecule has 3 rings (SSSR count). The highest BCUT2D eigenvalue weighted by molar-refractivity contribution is 7.91. The Labute approximate surface area is 145 Å². The largest absolute Gasteiger partial charge is 0.288 e. The normalized spacial score (nSPS) is 19.9. The van der Waals surface area contributed by atoms with Crippen molar-refractivity contribution in [2.45, 2.75) is 31.8 Å². The maximum absolute atomic E-state index is 12.0. The van der Waals surface area contributed by atoms with Crippen molar-refractivity contribution >= 4 is 9.84 Å². The summed E-state index contributed by atoms with van der Waals surface area (Å²) in [7, 11) is -2.90. The smallest absolute Gasteiger partial charge is 0.151 e. The Morgan fingerprint density at radius 3 is 1.96 bits per heavy atom. The molecule has 0 saturated carbocycles. The lowest BCUT2D eigenvalue weighted by Crippen LogP contribution is -2.40. The van der Waals surface area contributed by atoms with Crippen LogP contribution in [0.5, 0.6) is 0 Å². The van der Waals surface area contributed by atoms with Crippen molar-refractivity contribution in [2.24, 2.45) is 0 Å². The van der Waals surface area contributed by atoms with Gasteiger partial charge in [0.2, 0.25) is 0 Å². The molecule has 24 heavy (non-hydrogen) atoms. The van der Waals surface area contributed by atoms with Crippen LogP contribution in [0.25, 0.3) is 0 Å². The molecule has 0 N–H and O–H groups in total. The highest BCUT2D eigenvalue weighted by Crippen LogP contribution is 2.33. The minimum absolute atomic E-state index is 0.0976. The fraction of sp³-hybridized carbons (Fsp3) is 0.400. The Kier molecular flexibility index (Phi) is 5.36. The Hall–Kier alpha value is -1.65. The molecule has 1 aliphatic heterocycles. The first-order valence-electron chi connectivity index (χ1n) is 8.67. The van der Waals surface area contributed by atoms with Crippen LogP contribution in [0.3, 0.4) is 0 Å². The average molecular weight is 343 g/mol. The van der Waals surface area contributed by atoms with E-state index in [1.807, 2.05) is 12.1 Å². The van der Waals surface area contributed by atoms with E-state index < -0.39 is 9.84 Å². The lowest BCUT2D eigenvalue weighted by atomic mass is 9.95. The second-order valence-corrected chi connectivity index (χ2v) is 8.75. The van der Waals surface area contributed by atoms with Crippen LogP contribution in [-0.2, 0) is 9.84 Å². The van der Waals surface area contributed by atoms with Gasteiger partial charge in [-0.3, -0.25) is 4.90 Å². The number of nitrogens with zero attached hydrogens (tertiary/aromatic N) is 1. The Morgan fingerprint density at radius 2 is 1.54 bits per heavy atom. The summed E-state index contributed by atoms with van der Waals surface area (Å²) >= 11 is 0. The van der Waals surface area contributed by atoms with Crippen molar-refractivity contribution in [3.8, 4) is 0 Å². The van der Waals surface area contributed by atoms with E-state index in [0.29, 0.717) is 5.75 Å². The van der Waals surface area contributed by atoms with Crippen LogP contribution in [0.4, 0.5) is 0 Å². The second kappa shape index (κ2) is 7.49. The van der Waals surface area contributed by atoms with Crippen LogP contribution in [-0.4, -0.2) is 37.4 Å². The predicted molar refractivity (Wildman–Crippen MR) is 98.8 cm³/mol. The van der Waals surface area contributed by atoms with Gasteiger partial charge in [-0.15, -0.1) is 0 Å². The van der Waals surface area contributed by atoms with Crippen molar-refractivity contribution < 1.29 is 8.42 Å². The number of hydrogen-bond acceptors (Lipinski definition) is 3. The van der Waals surface area contributed by atoms with E-state index in [0.717, 1.165) is 19.4 Å². The van der Waals surface area contributed by atoms with Gasteiger partial charge in [0.25, 0.3) is 0 Å². The zero-order valence-electron chi connectivity index (χ0n) is 14.1. The van der Waals surface area contributed by atoms with Gasteiger partial charge in [-0.1, -0.05) is 67.6 Å². The molecule has 1 atom stereocenters. The van der Waals surface area contributed by atoms with Gasteiger partial charge in [0, 0.05) is 6.04 Å². The fourth-order valence-electron chi connectivity index (χ4n) is 3.66. The molecule has 0 aliphatic carbocycles. The Balaban J connectivity index is 2.01. The second-order valence-electron chi connectivity index (χ2n) is 6.52. The first-order valence-corrected chi connectivity index (χ1v) is 10.5. The van der Waals surface area contributed by atoms with E-state index in [2.05, 4.69) is 60.4 Å². The summed E-state index contributed by atoms with van der Waals surface area (Å²) in [6.45, 7) is 3.05. The molecule has 0 unspecified atom stereocenters. The number of hydrogen-bond donors (Lipinski definition) is 0. The van der Waals surface area contributed by atoms with Gasteiger partial charge in [-0.05, 0) is 30.5 Å². The van der Waals surface area contributed by atoms with Crippen molar-refractivity contribution in [1.29, 1.82) is 0 Å². The first-order chi connectivity index (χ1) is 11.6. The van der Waals surface area contributed by atoms with Gasteiger partial charge in [0.05, 0.1) is 17.5 Å². The van der Waals surface area contributed by atoms with E-state index in [9.17, 15) is 8.42 Å². The van der Waals surface area contributed by atoms with Crippen LogP contribution in [0, 0.1) is 0 Å². The van der Waals surface area contributed by atoms with Crippen LogP contribution >= 0.6 is 0 Å². The molecule has 0 bridgehead atoms. The first kappa shape index (κ1) is 17.2. The van der Waals surface area contributed by atoms with Gasteiger partial charge in [0.15, 0.2) is 9.84 Å².